The second-order valence-corrected chi connectivity index (χ2v) is 6.24. The molecule has 1 aliphatic rings. The summed E-state index contributed by atoms with van der Waals surface area (Å²) < 4.78 is 10.2. The third-order valence-electron chi connectivity index (χ3n) is 4.25. The SMILES string of the molecule is CCOC(=O)c1ccc(NC(=O)CN(CCN2CCOCC2)C(C)=O)cc1. The third kappa shape index (κ3) is 6.99. The van der Waals surface area contributed by atoms with E-state index in [4.69, 9.17) is 9.47 Å². The summed E-state index contributed by atoms with van der Waals surface area (Å²) >= 11 is 0. The second-order valence-electron chi connectivity index (χ2n) is 6.24. The van der Waals surface area contributed by atoms with Crippen LogP contribution >= 0.6 is 0 Å². The van der Waals surface area contributed by atoms with E-state index < -0.39 is 5.97 Å². The Morgan fingerprint density at radius 1 is 1.19 bits per heavy atom. The van der Waals surface area contributed by atoms with Crippen LogP contribution in [0.3, 0.4) is 0 Å². The fourth-order valence-corrected chi connectivity index (χ4v) is 2.71. The van der Waals surface area contributed by atoms with Crippen LogP contribution in [0.2, 0.25) is 0 Å². The van der Waals surface area contributed by atoms with Gasteiger partial charge in [0.15, 0.2) is 0 Å². The number of amides is 2. The highest BCUT2D eigenvalue weighted by molar-refractivity contribution is 5.95. The average molecular weight is 377 g/mol. The van der Waals surface area contributed by atoms with Gasteiger partial charge in [0.2, 0.25) is 11.8 Å². The first-order chi connectivity index (χ1) is 13.0. The Morgan fingerprint density at radius 3 is 2.44 bits per heavy atom. The Kier molecular flexibility index (Phi) is 8.22. The molecule has 0 saturated carbocycles. The molecule has 0 radical (unpaired) electrons. The van der Waals surface area contributed by atoms with Gasteiger partial charge < -0.3 is 19.7 Å². The van der Waals surface area contributed by atoms with Crippen molar-refractivity contribution in [3.63, 3.8) is 0 Å². The van der Waals surface area contributed by atoms with Crippen molar-refractivity contribution in [3.05, 3.63) is 29.8 Å². The summed E-state index contributed by atoms with van der Waals surface area (Å²) in [6, 6.07) is 6.45. The molecule has 148 valence electrons. The van der Waals surface area contributed by atoms with Gasteiger partial charge in [-0.1, -0.05) is 0 Å². The summed E-state index contributed by atoms with van der Waals surface area (Å²) in [5.74, 6) is -0.826. The molecule has 1 aromatic carbocycles. The zero-order chi connectivity index (χ0) is 19.6. The van der Waals surface area contributed by atoms with Crippen molar-refractivity contribution in [1.29, 1.82) is 0 Å². The zero-order valence-corrected chi connectivity index (χ0v) is 15.9. The molecule has 2 amide bonds. The van der Waals surface area contributed by atoms with Crippen LogP contribution in [0.25, 0.3) is 0 Å². The maximum absolute atomic E-state index is 12.3. The van der Waals surface area contributed by atoms with Crippen molar-refractivity contribution in [1.82, 2.24) is 9.80 Å². The summed E-state index contributed by atoms with van der Waals surface area (Å²) in [6.45, 7) is 7.77. The number of ether oxygens (including phenoxy) is 2. The molecule has 8 nitrogen and oxygen atoms in total. The molecule has 8 heteroatoms. The number of hydrogen-bond donors (Lipinski definition) is 1. The van der Waals surface area contributed by atoms with E-state index >= 15 is 0 Å². The van der Waals surface area contributed by atoms with Gasteiger partial charge in [-0.25, -0.2) is 4.79 Å². The largest absolute Gasteiger partial charge is 0.462 e. The number of carbonyl (C=O) groups is 3. The number of anilines is 1. The van der Waals surface area contributed by atoms with Crippen molar-refractivity contribution in [3.8, 4) is 0 Å². The Bertz CT molecular complexity index is 641. The molecule has 1 N–H and O–H groups in total. The average Bonchev–Trinajstić information content (AvgIpc) is 2.66. The quantitative estimate of drug-likeness (QED) is 0.680. The van der Waals surface area contributed by atoms with Gasteiger partial charge in [-0.15, -0.1) is 0 Å². The molecule has 27 heavy (non-hydrogen) atoms. The van der Waals surface area contributed by atoms with Crippen LogP contribution in [0.4, 0.5) is 5.69 Å². The van der Waals surface area contributed by atoms with Crippen LogP contribution in [0.5, 0.6) is 0 Å². The maximum atomic E-state index is 12.3. The smallest absolute Gasteiger partial charge is 0.338 e. The molecule has 1 heterocycles. The van der Waals surface area contributed by atoms with Crippen molar-refractivity contribution in [2.75, 3.05) is 57.9 Å². The number of nitrogens with one attached hydrogen (secondary N) is 1. The first-order valence-corrected chi connectivity index (χ1v) is 9.12. The number of nitrogens with zero attached hydrogens (tertiary/aromatic N) is 2. The summed E-state index contributed by atoms with van der Waals surface area (Å²) in [4.78, 5) is 39.5. The maximum Gasteiger partial charge on any atom is 0.338 e. The minimum Gasteiger partial charge on any atom is -0.462 e. The van der Waals surface area contributed by atoms with E-state index in [1.54, 1.807) is 31.2 Å². The number of carbonyl (C=O) groups excluding carboxylic acids is 3. The molecule has 0 aliphatic carbocycles. The van der Waals surface area contributed by atoms with Gasteiger partial charge in [-0.3, -0.25) is 14.5 Å². The number of esters is 1. The van der Waals surface area contributed by atoms with Crippen LogP contribution in [0.15, 0.2) is 24.3 Å². The van der Waals surface area contributed by atoms with Crippen LogP contribution in [0, 0.1) is 0 Å². The van der Waals surface area contributed by atoms with Crippen molar-refractivity contribution in [2.45, 2.75) is 13.8 Å². The van der Waals surface area contributed by atoms with Gasteiger partial charge in [0.1, 0.15) is 0 Å². The summed E-state index contributed by atoms with van der Waals surface area (Å²) in [6.07, 6.45) is 0. The van der Waals surface area contributed by atoms with Crippen LogP contribution < -0.4 is 5.32 Å². The van der Waals surface area contributed by atoms with Gasteiger partial charge in [-0.2, -0.15) is 0 Å². The molecular formula is C19H27N3O5. The fourth-order valence-electron chi connectivity index (χ4n) is 2.71. The van der Waals surface area contributed by atoms with E-state index in [2.05, 4.69) is 10.2 Å². The minimum absolute atomic E-state index is 0.0146. The minimum atomic E-state index is -0.402. The van der Waals surface area contributed by atoms with Crippen LogP contribution in [-0.4, -0.2) is 80.1 Å². The lowest BCUT2D eigenvalue weighted by molar-refractivity contribution is -0.133. The highest BCUT2D eigenvalue weighted by atomic mass is 16.5. The van der Waals surface area contributed by atoms with Crippen molar-refractivity contribution < 1.29 is 23.9 Å². The third-order valence-corrected chi connectivity index (χ3v) is 4.25. The molecule has 0 unspecified atom stereocenters. The lowest BCUT2D eigenvalue weighted by atomic mass is 10.2. The van der Waals surface area contributed by atoms with Gasteiger partial charge in [0.05, 0.1) is 31.9 Å². The number of hydrogen-bond acceptors (Lipinski definition) is 6. The second kappa shape index (κ2) is 10.6. The van der Waals surface area contributed by atoms with E-state index in [1.165, 1.54) is 11.8 Å². The predicted molar refractivity (Wildman–Crippen MR) is 101 cm³/mol. The number of morpholine rings is 1. The molecule has 0 atom stereocenters. The van der Waals surface area contributed by atoms with E-state index in [-0.39, 0.29) is 18.4 Å². The Labute approximate surface area is 159 Å². The molecule has 1 aromatic rings. The Morgan fingerprint density at radius 2 is 1.85 bits per heavy atom. The van der Waals surface area contributed by atoms with Gasteiger partial charge >= 0.3 is 5.97 Å². The zero-order valence-electron chi connectivity index (χ0n) is 15.9. The normalized spacial score (nSPS) is 14.4. The van der Waals surface area contributed by atoms with Gasteiger partial charge in [0.25, 0.3) is 0 Å². The Balaban J connectivity index is 1.84. The monoisotopic (exact) mass is 377 g/mol. The molecule has 1 fully saturated rings. The van der Waals surface area contributed by atoms with Crippen LogP contribution in [-0.2, 0) is 19.1 Å². The van der Waals surface area contributed by atoms with Crippen molar-refractivity contribution >= 4 is 23.5 Å². The molecule has 2 rings (SSSR count). The Hall–Kier alpha value is -2.45. The lowest BCUT2D eigenvalue weighted by Crippen LogP contribution is -2.44. The topological polar surface area (TPSA) is 88.2 Å². The molecule has 0 spiro atoms. The first-order valence-electron chi connectivity index (χ1n) is 9.12. The standard InChI is InChI=1S/C19H27N3O5/c1-3-27-19(25)16-4-6-17(7-5-16)20-18(24)14-22(15(2)23)9-8-21-10-12-26-13-11-21/h4-7H,3,8-14H2,1-2H3,(H,20,24). The van der Waals surface area contributed by atoms with E-state index in [1.807, 2.05) is 0 Å². The lowest BCUT2D eigenvalue weighted by Gasteiger charge is -2.29. The van der Waals surface area contributed by atoms with E-state index in [0.717, 1.165) is 13.1 Å². The molecule has 1 saturated heterocycles. The predicted octanol–water partition coefficient (Wildman–Crippen LogP) is 0.983. The molecular weight excluding hydrogens is 350 g/mol. The van der Waals surface area contributed by atoms with Gasteiger partial charge in [-0.05, 0) is 31.2 Å². The number of benzene rings is 1. The van der Waals surface area contributed by atoms with Crippen LogP contribution in [0.1, 0.15) is 24.2 Å². The number of rotatable bonds is 8. The van der Waals surface area contributed by atoms with Gasteiger partial charge in [0, 0.05) is 38.8 Å². The summed E-state index contributed by atoms with van der Waals surface area (Å²) in [7, 11) is 0. The first kappa shape index (κ1) is 20.9. The van der Waals surface area contributed by atoms with E-state index in [9.17, 15) is 14.4 Å². The molecule has 0 aromatic heterocycles. The fraction of sp³-hybridized carbons (Fsp3) is 0.526. The molecule has 1 aliphatic heterocycles. The highest BCUT2D eigenvalue weighted by Crippen LogP contribution is 2.11. The van der Waals surface area contributed by atoms with Crippen molar-refractivity contribution in [2.24, 2.45) is 0 Å². The van der Waals surface area contributed by atoms with E-state index in [0.29, 0.717) is 44.2 Å². The summed E-state index contributed by atoms with van der Waals surface area (Å²) in [5, 5.41) is 2.74. The highest BCUT2D eigenvalue weighted by Gasteiger charge is 2.17. The molecule has 0 bridgehead atoms. The summed E-state index contributed by atoms with van der Waals surface area (Å²) in [5.41, 5.74) is 0.982.